The van der Waals surface area contributed by atoms with Gasteiger partial charge in [0.2, 0.25) is 0 Å². The second kappa shape index (κ2) is 7.06. The van der Waals surface area contributed by atoms with Crippen molar-refractivity contribution in [3.05, 3.63) is 53.3 Å². The summed E-state index contributed by atoms with van der Waals surface area (Å²) < 4.78 is 0. The summed E-state index contributed by atoms with van der Waals surface area (Å²) in [6.07, 6.45) is 0. The fourth-order valence-corrected chi connectivity index (χ4v) is 3.87. The van der Waals surface area contributed by atoms with Crippen molar-refractivity contribution in [2.45, 2.75) is 24.9 Å². The highest BCUT2D eigenvalue weighted by molar-refractivity contribution is 9.09. The number of hydrogen-bond acceptors (Lipinski definition) is 3. The Morgan fingerprint density at radius 2 is 1.74 bits per heavy atom. The van der Waals surface area contributed by atoms with Gasteiger partial charge < -0.3 is 0 Å². The van der Waals surface area contributed by atoms with Crippen LogP contribution in [0.15, 0.2) is 41.6 Å². The lowest BCUT2D eigenvalue weighted by Crippen LogP contribution is -2.04. The van der Waals surface area contributed by atoms with E-state index in [1.54, 1.807) is 11.8 Å². The van der Waals surface area contributed by atoms with Crippen molar-refractivity contribution in [2.75, 3.05) is 11.1 Å². The number of aromatic nitrogens is 2. The van der Waals surface area contributed by atoms with Crippen LogP contribution in [0.1, 0.15) is 22.9 Å². The van der Waals surface area contributed by atoms with Crippen LogP contribution in [-0.4, -0.2) is 21.1 Å². The third kappa shape index (κ3) is 4.32. The Morgan fingerprint density at radius 1 is 1.11 bits per heavy atom. The molecule has 0 aliphatic rings. The quantitative estimate of drug-likeness (QED) is 0.460. The second-order valence-electron chi connectivity index (χ2n) is 4.51. The Balaban J connectivity index is 2.04. The monoisotopic (exact) mass is 336 g/mol. The SMILES string of the molecule is Cc1cc(C)nc(SCC(CBr)c2ccccc2)n1. The molecule has 0 fully saturated rings. The van der Waals surface area contributed by atoms with Crippen molar-refractivity contribution in [3.8, 4) is 0 Å². The Labute approximate surface area is 127 Å². The van der Waals surface area contributed by atoms with Gasteiger partial charge in [-0.2, -0.15) is 0 Å². The minimum absolute atomic E-state index is 0.482. The first-order valence-electron chi connectivity index (χ1n) is 6.25. The lowest BCUT2D eigenvalue weighted by molar-refractivity contribution is 0.874. The molecule has 1 aromatic carbocycles. The first kappa shape index (κ1) is 14.5. The van der Waals surface area contributed by atoms with Gasteiger partial charge in [-0.1, -0.05) is 58.0 Å². The molecule has 2 nitrogen and oxygen atoms in total. The lowest BCUT2D eigenvalue weighted by Gasteiger charge is -2.13. The van der Waals surface area contributed by atoms with E-state index in [1.165, 1.54) is 5.56 Å². The summed E-state index contributed by atoms with van der Waals surface area (Å²) in [4.78, 5) is 8.94. The van der Waals surface area contributed by atoms with E-state index in [1.807, 2.05) is 19.9 Å². The molecule has 19 heavy (non-hydrogen) atoms. The normalized spacial score (nSPS) is 12.4. The number of halogens is 1. The number of aryl methyl sites for hydroxylation is 2. The van der Waals surface area contributed by atoms with Gasteiger partial charge in [0.25, 0.3) is 0 Å². The van der Waals surface area contributed by atoms with Crippen molar-refractivity contribution in [3.63, 3.8) is 0 Å². The third-order valence-electron chi connectivity index (χ3n) is 2.83. The Hall–Kier alpha value is -0.870. The van der Waals surface area contributed by atoms with Crippen molar-refractivity contribution < 1.29 is 0 Å². The first-order valence-corrected chi connectivity index (χ1v) is 8.35. The summed E-state index contributed by atoms with van der Waals surface area (Å²) in [6, 6.07) is 12.6. The average Bonchev–Trinajstić information content (AvgIpc) is 2.39. The van der Waals surface area contributed by atoms with Gasteiger partial charge in [0.1, 0.15) is 0 Å². The highest BCUT2D eigenvalue weighted by Crippen LogP contribution is 2.26. The molecule has 2 rings (SSSR count). The molecule has 0 spiro atoms. The van der Waals surface area contributed by atoms with Gasteiger partial charge in [0.15, 0.2) is 5.16 Å². The molecule has 100 valence electrons. The smallest absolute Gasteiger partial charge is 0.187 e. The molecule has 1 aromatic heterocycles. The molecule has 2 aromatic rings. The maximum Gasteiger partial charge on any atom is 0.187 e. The predicted molar refractivity (Wildman–Crippen MR) is 85.2 cm³/mol. The summed E-state index contributed by atoms with van der Waals surface area (Å²) in [7, 11) is 0. The minimum atomic E-state index is 0.482. The van der Waals surface area contributed by atoms with Crippen LogP contribution in [-0.2, 0) is 0 Å². The van der Waals surface area contributed by atoms with E-state index in [9.17, 15) is 0 Å². The summed E-state index contributed by atoms with van der Waals surface area (Å²) in [5.74, 6) is 1.47. The Bertz CT molecular complexity index is 511. The van der Waals surface area contributed by atoms with Crippen LogP contribution < -0.4 is 0 Å². The van der Waals surface area contributed by atoms with E-state index in [-0.39, 0.29) is 0 Å². The Morgan fingerprint density at radius 3 is 2.32 bits per heavy atom. The van der Waals surface area contributed by atoms with Crippen LogP contribution in [0.5, 0.6) is 0 Å². The summed E-state index contributed by atoms with van der Waals surface area (Å²) in [5.41, 5.74) is 3.42. The van der Waals surface area contributed by atoms with Gasteiger partial charge in [-0.15, -0.1) is 0 Å². The van der Waals surface area contributed by atoms with Crippen LogP contribution in [0, 0.1) is 13.8 Å². The molecule has 0 saturated heterocycles. The number of benzene rings is 1. The van der Waals surface area contributed by atoms with E-state index in [4.69, 9.17) is 0 Å². The van der Waals surface area contributed by atoms with Crippen LogP contribution in [0.3, 0.4) is 0 Å². The molecule has 0 bridgehead atoms. The van der Waals surface area contributed by atoms with Crippen molar-refractivity contribution in [1.29, 1.82) is 0 Å². The average molecular weight is 337 g/mol. The number of rotatable bonds is 5. The van der Waals surface area contributed by atoms with Crippen molar-refractivity contribution in [1.82, 2.24) is 9.97 Å². The van der Waals surface area contributed by atoms with Gasteiger partial charge >= 0.3 is 0 Å². The number of hydrogen-bond donors (Lipinski definition) is 0. The van der Waals surface area contributed by atoms with E-state index in [2.05, 4.69) is 56.2 Å². The molecule has 0 aliphatic heterocycles. The molecule has 0 N–H and O–H groups in total. The van der Waals surface area contributed by atoms with E-state index in [0.717, 1.165) is 27.6 Å². The van der Waals surface area contributed by atoms with Gasteiger partial charge in [-0.25, -0.2) is 9.97 Å². The van der Waals surface area contributed by atoms with Gasteiger partial charge in [0.05, 0.1) is 0 Å². The maximum atomic E-state index is 4.47. The molecule has 4 heteroatoms. The predicted octanol–water partition coefficient (Wildman–Crippen LogP) is 4.36. The largest absolute Gasteiger partial charge is 0.228 e. The second-order valence-corrected chi connectivity index (χ2v) is 6.14. The number of thioether (sulfide) groups is 1. The van der Waals surface area contributed by atoms with Crippen LogP contribution in [0.2, 0.25) is 0 Å². The highest BCUT2D eigenvalue weighted by atomic mass is 79.9. The summed E-state index contributed by atoms with van der Waals surface area (Å²) in [6.45, 7) is 4.02. The molecule has 1 heterocycles. The van der Waals surface area contributed by atoms with E-state index in [0.29, 0.717) is 5.92 Å². The van der Waals surface area contributed by atoms with Crippen LogP contribution in [0.25, 0.3) is 0 Å². The molecular formula is C15H17BrN2S. The van der Waals surface area contributed by atoms with E-state index >= 15 is 0 Å². The molecule has 0 radical (unpaired) electrons. The van der Waals surface area contributed by atoms with Gasteiger partial charge in [-0.05, 0) is 25.5 Å². The zero-order chi connectivity index (χ0) is 13.7. The number of alkyl halides is 1. The first-order chi connectivity index (χ1) is 9.19. The Kier molecular flexibility index (Phi) is 5.40. The maximum absolute atomic E-state index is 4.47. The topological polar surface area (TPSA) is 25.8 Å². The molecule has 0 aliphatic carbocycles. The zero-order valence-corrected chi connectivity index (χ0v) is 13.5. The fraction of sp³-hybridized carbons (Fsp3) is 0.333. The van der Waals surface area contributed by atoms with Crippen molar-refractivity contribution in [2.24, 2.45) is 0 Å². The highest BCUT2D eigenvalue weighted by Gasteiger charge is 2.11. The fourth-order valence-electron chi connectivity index (χ4n) is 1.89. The van der Waals surface area contributed by atoms with Gasteiger partial charge in [-0.3, -0.25) is 0 Å². The number of nitrogens with zero attached hydrogens (tertiary/aromatic N) is 2. The van der Waals surface area contributed by atoms with Crippen molar-refractivity contribution >= 4 is 27.7 Å². The molecule has 1 unspecified atom stereocenters. The van der Waals surface area contributed by atoms with Crippen LogP contribution in [0.4, 0.5) is 0 Å². The summed E-state index contributed by atoms with van der Waals surface area (Å²) in [5, 5.41) is 1.83. The third-order valence-corrected chi connectivity index (χ3v) is 4.62. The summed E-state index contributed by atoms with van der Waals surface area (Å²) >= 11 is 5.32. The molecule has 1 atom stereocenters. The van der Waals surface area contributed by atoms with E-state index < -0.39 is 0 Å². The standard InChI is InChI=1S/C15H17BrN2S/c1-11-8-12(2)18-15(17-11)19-10-14(9-16)13-6-4-3-5-7-13/h3-8,14H,9-10H2,1-2H3. The molecular weight excluding hydrogens is 320 g/mol. The van der Waals surface area contributed by atoms with Crippen LogP contribution >= 0.6 is 27.7 Å². The minimum Gasteiger partial charge on any atom is -0.228 e. The lowest BCUT2D eigenvalue weighted by atomic mass is 10.0. The molecule has 0 amide bonds. The van der Waals surface area contributed by atoms with Gasteiger partial charge in [0, 0.05) is 28.4 Å². The molecule has 0 saturated carbocycles. The zero-order valence-electron chi connectivity index (χ0n) is 11.1.